The number of hydrogen-bond acceptors (Lipinski definition) is 5. The number of aromatic nitrogens is 3. The molecule has 6 nitrogen and oxygen atoms in total. The van der Waals surface area contributed by atoms with Crippen LogP contribution >= 0.6 is 23.4 Å². The molecule has 0 atom stereocenters. The lowest BCUT2D eigenvalue weighted by Gasteiger charge is -2.10. The molecule has 2 aromatic carbocycles. The Morgan fingerprint density at radius 1 is 1.04 bits per heavy atom. The van der Waals surface area contributed by atoms with Crippen LogP contribution in [0.1, 0.15) is 0 Å². The zero-order valence-corrected chi connectivity index (χ0v) is 16.2. The van der Waals surface area contributed by atoms with Gasteiger partial charge in [0, 0.05) is 22.3 Å². The summed E-state index contributed by atoms with van der Waals surface area (Å²) in [7, 11) is 0. The topological polar surface area (TPSA) is 73.0 Å². The first-order valence-electron chi connectivity index (χ1n) is 8.43. The number of amides is 1. The number of nitrogens with zero attached hydrogens (tertiary/aromatic N) is 3. The van der Waals surface area contributed by atoms with Gasteiger partial charge in [0.2, 0.25) is 5.91 Å². The second-order valence-corrected chi connectivity index (χ2v) is 7.18. The third kappa shape index (κ3) is 4.11. The number of hydrogen-bond donors (Lipinski definition) is 1. The van der Waals surface area contributed by atoms with Gasteiger partial charge in [-0.2, -0.15) is 0 Å². The molecular formula is C20H15ClN4O2S. The average Bonchev–Trinajstić information content (AvgIpc) is 3.37. The van der Waals surface area contributed by atoms with Crippen molar-refractivity contribution in [1.29, 1.82) is 0 Å². The standard InChI is InChI=1S/C20H15ClN4O2S/c21-15-10-8-14(9-11-15)19-23-24-20(25(19)16-5-2-1-3-6-16)28-13-17(26)22-18-7-4-12-27-18/h1-12H,13H2,(H,22,26). The van der Waals surface area contributed by atoms with Crippen LogP contribution in [0, 0.1) is 0 Å². The minimum absolute atomic E-state index is 0.173. The lowest BCUT2D eigenvalue weighted by Crippen LogP contribution is -2.14. The number of para-hydroxylation sites is 1. The van der Waals surface area contributed by atoms with Crippen molar-refractivity contribution in [3.63, 3.8) is 0 Å². The maximum atomic E-state index is 12.2. The Balaban J connectivity index is 1.62. The molecule has 2 heterocycles. The van der Waals surface area contributed by atoms with Crippen molar-refractivity contribution >= 4 is 35.2 Å². The Morgan fingerprint density at radius 3 is 2.54 bits per heavy atom. The van der Waals surface area contributed by atoms with Crippen molar-refractivity contribution in [1.82, 2.24) is 14.8 Å². The molecule has 0 saturated carbocycles. The maximum Gasteiger partial charge on any atom is 0.237 e. The number of carbonyl (C=O) groups is 1. The summed E-state index contributed by atoms with van der Waals surface area (Å²) in [6.45, 7) is 0. The molecule has 0 radical (unpaired) electrons. The molecule has 0 unspecified atom stereocenters. The predicted octanol–water partition coefficient (Wildman–Crippen LogP) is 4.91. The molecule has 0 aliphatic rings. The fourth-order valence-electron chi connectivity index (χ4n) is 2.61. The van der Waals surface area contributed by atoms with Crippen LogP contribution in [0.2, 0.25) is 5.02 Å². The molecule has 4 aromatic rings. The van der Waals surface area contributed by atoms with Gasteiger partial charge in [-0.15, -0.1) is 10.2 Å². The Morgan fingerprint density at radius 2 is 1.82 bits per heavy atom. The summed E-state index contributed by atoms with van der Waals surface area (Å²) < 4.78 is 7.06. The molecule has 0 spiro atoms. The fraction of sp³-hybridized carbons (Fsp3) is 0.0500. The van der Waals surface area contributed by atoms with Crippen LogP contribution in [0.15, 0.2) is 82.6 Å². The van der Waals surface area contributed by atoms with Crippen molar-refractivity contribution in [2.24, 2.45) is 0 Å². The van der Waals surface area contributed by atoms with Crippen molar-refractivity contribution in [3.8, 4) is 17.1 Å². The van der Waals surface area contributed by atoms with E-state index in [0.717, 1.165) is 11.3 Å². The first-order valence-corrected chi connectivity index (χ1v) is 9.80. The number of furan rings is 1. The first kappa shape index (κ1) is 18.3. The molecule has 0 aliphatic carbocycles. The van der Waals surface area contributed by atoms with E-state index in [4.69, 9.17) is 16.0 Å². The number of halogens is 1. The van der Waals surface area contributed by atoms with E-state index in [0.29, 0.717) is 21.9 Å². The normalized spacial score (nSPS) is 10.8. The molecular weight excluding hydrogens is 396 g/mol. The summed E-state index contributed by atoms with van der Waals surface area (Å²) >= 11 is 7.30. The van der Waals surface area contributed by atoms with Crippen molar-refractivity contribution in [3.05, 3.63) is 78.0 Å². The molecule has 0 fully saturated rings. The third-order valence-electron chi connectivity index (χ3n) is 3.87. The number of benzene rings is 2. The minimum Gasteiger partial charge on any atom is -0.449 e. The van der Waals surface area contributed by atoms with Gasteiger partial charge in [-0.1, -0.05) is 41.6 Å². The molecule has 1 amide bonds. The average molecular weight is 411 g/mol. The largest absolute Gasteiger partial charge is 0.449 e. The summed E-state index contributed by atoms with van der Waals surface area (Å²) in [6.07, 6.45) is 1.51. The lowest BCUT2D eigenvalue weighted by atomic mass is 10.2. The Labute approximate surface area is 170 Å². The molecule has 0 aliphatic heterocycles. The molecule has 0 bridgehead atoms. The second kappa shape index (κ2) is 8.33. The van der Waals surface area contributed by atoms with E-state index in [1.165, 1.54) is 18.0 Å². The Hall–Kier alpha value is -3.03. The molecule has 0 saturated heterocycles. The van der Waals surface area contributed by atoms with Gasteiger partial charge in [-0.25, -0.2) is 0 Å². The van der Waals surface area contributed by atoms with Crippen molar-refractivity contribution in [2.75, 3.05) is 11.1 Å². The summed E-state index contributed by atoms with van der Waals surface area (Å²) in [5.41, 5.74) is 1.79. The highest BCUT2D eigenvalue weighted by Crippen LogP contribution is 2.28. The highest BCUT2D eigenvalue weighted by atomic mass is 35.5. The van der Waals surface area contributed by atoms with Crippen LogP contribution in [-0.2, 0) is 4.79 Å². The molecule has 1 N–H and O–H groups in total. The van der Waals surface area contributed by atoms with Gasteiger partial charge in [0.05, 0.1) is 12.0 Å². The van der Waals surface area contributed by atoms with Crippen LogP contribution in [0.5, 0.6) is 0 Å². The summed E-state index contributed by atoms with van der Waals surface area (Å²) in [4.78, 5) is 12.2. The molecule has 8 heteroatoms. The summed E-state index contributed by atoms with van der Waals surface area (Å²) in [5, 5.41) is 12.6. The van der Waals surface area contributed by atoms with Gasteiger partial charge in [-0.3, -0.25) is 14.7 Å². The van der Waals surface area contributed by atoms with Gasteiger partial charge in [-0.05, 0) is 42.5 Å². The fourth-order valence-corrected chi connectivity index (χ4v) is 3.49. The Kier molecular flexibility index (Phi) is 5.45. The van der Waals surface area contributed by atoms with Crippen molar-refractivity contribution in [2.45, 2.75) is 5.16 Å². The number of nitrogens with one attached hydrogen (secondary N) is 1. The van der Waals surface area contributed by atoms with E-state index >= 15 is 0 Å². The van der Waals surface area contributed by atoms with E-state index < -0.39 is 0 Å². The van der Waals surface area contributed by atoms with E-state index in [1.807, 2.05) is 59.2 Å². The molecule has 28 heavy (non-hydrogen) atoms. The van der Waals surface area contributed by atoms with E-state index in [-0.39, 0.29) is 11.7 Å². The zero-order chi connectivity index (χ0) is 19.3. The maximum absolute atomic E-state index is 12.2. The van der Waals surface area contributed by atoms with Gasteiger partial charge in [0.1, 0.15) is 0 Å². The minimum atomic E-state index is -0.185. The molecule has 2 aromatic heterocycles. The highest BCUT2D eigenvalue weighted by Gasteiger charge is 2.17. The number of carbonyl (C=O) groups excluding carboxylic acids is 1. The van der Waals surface area contributed by atoms with Crippen LogP contribution in [0.3, 0.4) is 0 Å². The van der Waals surface area contributed by atoms with E-state index in [2.05, 4.69) is 15.5 Å². The van der Waals surface area contributed by atoms with Gasteiger partial charge >= 0.3 is 0 Å². The molecule has 140 valence electrons. The number of rotatable bonds is 6. The monoisotopic (exact) mass is 410 g/mol. The SMILES string of the molecule is O=C(CSc1nnc(-c2ccc(Cl)cc2)n1-c1ccccc1)Nc1ccco1. The van der Waals surface area contributed by atoms with E-state index in [1.54, 1.807) is 12.1 Å². The van der Waals surface area contributed by atoms with Crippen LogP contribution < -0.4 is 5.32 Å². The molecule has 4 rings (SSSR count). The second-order valence-electron chi connectivity index (χ2n) is 5.80. The smallest absolute Gasteiger partial charge is 0.237 e. The van der Waals surface area contributed by atoms with Gasteiger partial charge < -0.3 is 4.42 Å². The predicted molar refractivity (Wildman–Crippen MR) is 110 cm³/mol. The number of thioether (sulfide) groups is 1. The van der Waals surface area contributed by atoms with E-state index in [9.17, 15) is 4.79 Å². The summed E-state index contributed by atoms with van der Waals surface area (Å²) in [6, 6.07) is 20.6. The van der Waals surface area contributed by atoms with Crippen LogP contribution in [-0.4, -0.2) is 26.4 Å². The summed E-state index contributed by atoms with van der Waals surface area (Å²) in [5.74, 6) is 1.08. The Bertz CT molecular complexity index is 1060. The van der Waals surface area contributed by atoms with Gasteiger partial charge in [0.25, 0.3) is 0 Å². The van der Waals surface area contributed by atoms with Gasteiger partial charge in [0.15, 0.2) is 16.9 Å². The van der Waals surface area contributed by atoms with Crippen LogP contribution in [0.4, 0.5) is 5.88 Å². The highest BCUT2D eigenvalue weighted by molar-refractivity contribution is 7.99. The number of anilines is 1. The van der Waals surface area contributed by atoms with Crippen molar-refractivity contribution < 1.29 is 9.21 Å². The quantitative estimate of drug-likeness (QED) is 0.457. The van der Waals surface area contributed by atoms with Crippen LogP contribution in [0.25, 0.3) is 17.1 Å². The third-order valence-corrected chi connectivity index (χ3v) is 5.05. The zero-order valence-electron chi connectivity index (χ0n) is 14.6. The lowest BCUT2D eigenvalue weighted by molar-refractivity contribution is -0.113. The first-order chi connectivity index (χ1) is 13.7.